The van der Waals surface area contributed by atoms with Crippen molar-refractivity contribution in [1.82, 2.24) is 9.97 Å². The van der Waals surface area contributed by atoms with Gasteiger partial charge in [0.15, 0.2) is 5.88 Å². The maximum absolute atomic E-state index is 13.8. The van der Waals surface area contributed by atoms with Gasteiger partial charge in [0.25, 0.3) is 0 Å². The van der Waals surface area contributed by atoms with Gasteiger partial charge in [-0.15, -0.1) is 0 Å². The third-order valence-corrected chi connectivity index (χ3v) is 5.93. The van der Waals surface area contributed by atoms with Crippen molar-refractivity contribution in [3.8, 4) is 5.88 Å². The molecule has 2 aliphatic rings. The van der Waals surface area contributed by atoms with Gasteiger partial charge in [0.2, 0.25) is 0 Å². The number of halogens is 1. The third-order valence-electron chi connectivity index (χ3n) is 5.93. The number of aryl methyl sites for hydroxylation is 1. The van der Waals surface area contributed by atoms with Gasteiger partial charge in [-0.05, 0) is 73.2 Å². The van der Waals surface area contributed by atoms with Gasteiger partial charge in [-0.25, -0.2) is 9.37 Å². The first-order chi connectivity index (χ1) is 14.2. The lowest BCUT2D eigenvalue weighted by Crippen LogP contribution is -2.22. The molecule has 0 spiro atoms. The second-order valence-electron chi connectivity index (χ2n) is 7.62. The van der Waals surface area contributed by atoms with Gasteiger partial charge in [-0.1, -0.05) is 0 Å². The fourth-order valence-corrected chi connectivity index (χ4v) is 4.61. The van der Waals surface area contributed by atoms with E-state index in [4.69, 9.17) is 4.98 Å². The summed E-state index contributed by atoms with van der Waals surface area (Å²) in [5, 5.41) is 22.2. The number of rotatable bonds is 1. The van der Waals surface area contributed by atoms with E-state index in [1.807, 2.05) is 24.4 Å². The molecule has 0 fully saturated rings. The second kappa shape index (κ2) is 5.98. The number of hydrogen-bond acceptors (Lipinski definition) is 4. The normalized spacial score (nSPS) is 15.7. The molecule has 6 heteroatoms. The number of aromatic hydroxyl groups is 1. The Morgan fingerprint density at radius 3 is 2.83 bits per heavy atom. The van der Waals surface area contributed by atoms with Crippen LogP contribution in [0, 0.1) is 5.82 Å². The van der Waals surface area contributed by atoms with Crippen LogP contribution < -0.4 is 10.7 Å². The minimum Gasteiger partial charge on any atom is -0.494 e. The fraction of sp³-hybridized carbons (Fsp3) is 0.174. The van der Waals surface area contributed by atoms with Crippen molar-refractivity contribution in [2.45, 2.75) is 25.7 Å². The Balaban J connectivity index is 1.71. The first-order valence-electron chi connectivity index (χ1n) is 9.76. The SMILES string of the molecule is Oc1[nH]c2ccc(F)cc2c1C=c1nc2ccc3c(c2c2c1CCCC2)C=NN=3. The van der Waals surface area contributed by atoms with Crippen LogP contribution in [-0.4, -0.2) is 21.3 Å². The number of pyridine rings is 1. The number of H-pyrrole nitrogens is 1. The lowest BCUT2D eigenvalue weighted by molar-refractivity contribution is 0.457. The average Bonchev–Trinajstić information content (AvgIpc) is 3.32. The molecule has 3 heterocycles. The van der Waals surface area contributed by atoms with E-state index in [0.717, 1.165) is 52.9 Å². The highest BCUT2D eigenvalue weighted by atomic mass is 19.1. The molecule has 0 amide bonds. The number of hydrogen-bond donors (Lipinski definition) is 2. The van der Waals surface area contributed by atoms with Crippen molar-refractivity contribution in [2.24, 2.45) is 10.2 Å². The highest BCUT2D eigenvalue weighted by Crippen LogP contribution is 2.30. The van der Waals surface area contributed by atoms with Crippen molar-refractivity contribution in [1.29, 1.82) is 0 Å². The van der Waals surface area contributed by atoms with Crippen molar-refractivity contribution in [3.63, 3.8) is 0 Å². The number of fused-ring (bicyclic) bond motifs is 6. The Morgan fingerprint density at radius 2 is 1.93 bits per heavy atom. The standard InChI is InChI=1S/C23H17FN4O/c24-12-5-6-18-15(9-12)16(23(29)27-18)10-21-13-3-1-2-4-14(13)22-17-11-25-28-19(17)7-8-20(22)26-21/h5-11,27,29H,1-4H2. The molecule has 142 valence electrons. The van der Waals surface area contributed by atoms with Crippen molar-refractivity contribution >= 4 is 34.1 Å². The van der Waals surface area contributed by atoms with E-state index in [-0.39, 0.29) is 11.7 Å². The summed E-state index contributed by atoms with van der Waals surface area (Å²) >= 11 is 0. The van der Waals surface area contributed by atoms with Crippen LogP contribution in [-0.2, 0) is 12.8 Å². The third kappa shape index (κ3) is 2.42. The molecule has 4 aromatic rings. The molecule has 0 saturated carbocycles. The number of benzene rings is 2. The number of aromatic nitrogens is 2. The largest absolute Gasteiger partial charge is 0.494 e. The molecule has 6 rings (SSSR count). The van der Waals surface area contributed by atoms with Gasteiger partial charge in [-0.2, -0.15) is 10.2 Å². The summed E-state index contributed by atoms with van der Waals surface area (Å²) in [4.78, 5) is 7.86. The molecule has 1 aliphatic carbocycles. The first-order valence-corrected chi connectivity index (χ1v) is 9.76. The predicted molar refractivity (Wildman–Crippen MR) is 110 cm³/mol. The minimum absolute atomic E-state index is 0.0249. The molecule has 0 bridgehead atoms. The van der Waals surface area contributed by atoms with Crippen LogP contribution in [0.5, 0.6) is 5.88 Å². The summed E-state index contributed by atoms with van der Waals surface area (Å²) < 4.78 is 13.8. The number of nitrogens with zero attached hydrogens (tertiary/aromatic N) is 3. The Labute approximate surface area is 164 Å². The van der Waals surface area contributed by atoms with Gasteiger partial charge in [-0.3, -0.25) is 0 Å². The summed E-state index contributed by atoms with van der Waals surface area (Å²) in [6.07, 6.45) is 7.83. The summed E-state index contributed by atoms with van der Waals surface area (Å²) in [5.41, 5.74) is 5.68. The van der Waals surface area contributed by atoms with E-state index in [2.05, 4.69) is 15.2 Å². The smallest absolute Gasteiger partial charge is 0.196 e. The van der Waals surface area contributed by atoms with E-state index in [9.17, 15) is 9.50 Å². The van der Waals surface area contributed by atoms with Crippen LogP contribution in [0.15, 0.2) is 40.5 Å². The van der Waals surface area contributed by atoms with Crippen molar-refractivity contribution in [3.05, 3.63) is 69.1 Å². The van der Waals surface area contributed by atoms with Crippen LogP contribution >= 0.6 is 0 Å². The Kier molecular flexibility index (Phi) is 3.38. The molecule has 5 nitrogen and oxygen atoms in total. The molecule has 0 radical (unpaired) electrons. The van der Waals surface area contributed by atoms with E-state index in [0.29, 0.717) is 16.5 Å². The second-order valence-corrected chi connectivity index (χ2v) is 7.62. The first kappa shape index (κ1) is 16.4. The molecule has 2 aromatic heterocycles. The average molecular weight is 384 g/mol. The van der Waals surface area contributed by atoms with Crippen molar-refractivity contribution in [2.75, 3.05) is 0 Å². The molecule has 0 unspecified atom stereocenters. The van der Waals surface area contributed by atoms with E-state index >= 15 is 0 Å². The number of nitrogens with one attached hydrogen (secondary N) is 1. The summed E-state index contributed by atoms with van der Waals surface area (Å²) in [6, 6.07) is 8.38. The highest BCUT2D eigenvalue weighted by molar-refractivity contribution is 6.01. The molecular weight excluding hydrogens is 367 g/mol. The van der Waals surface area contributed by atoms with Crippen LogP contribution in [0.2, 0.25) is 0 Å². The minimum atomic E-state index is -0.335. The van der Waals surface area contributed by atoms with Crippen LogP contribution in [0.25, 0.3) is 27.9 Å². The molecule has 29 heavy (non-hydrogen) atoms. The van der Waals surface area contributed by atoms with Gasteiger partial charge in [0.05, 0.1) is 22.4 Å². The van der Waals surface area contributed by atoms with E-state index < -0.39 is 0 Å². The van der Waals surface area contributed by atoms with Crippen LogP contribution in [0.1, 0.15) is 35.1 Å². The monoisotopic (exact) mass is 384 g/mol. The van der Waals surface area contributed by atoms with Gasteiger partial charge < -0.3 is 10.1 Å². The topological polar surface area (TPSA) is 73.6 Å². The predicted octanol–water partition coefficient (Wildman–Crippen LogP) is 3.24. The zero-order valence-electron chi connectivity index (χ0n) is 15.5. The Bertz CT molecular complexity index is 1480. The lowest BCUT2D eigenvalue weighted by Gasteiger charge is -2.19. The summed E-state index contributed by atoms with van der Waals surface area (Å²) in [6.45, 7) is 0. The summed E-state index contributed by atoms with van der Waals surface area (Å²) in [7, 11) is 0. The zero-order valence-corrected chi connectivity index (χ0v) is 15.5. The van der Waals surface area contributed by atoms with Crippen LogP contribution in [0.4, 0.5) is 4.39 Å². The lowest BCUT2D eigenvalue weighted by atomic mass is 9.87. The van der Waals surface area contributed by atoms with Gasteiger partial charge >= 0.3 is 0 Å². The molecule has 1 aliphatic heterocycles. The zero-order chi connectivity index (χ0) is 19.5. The van der Waals surface area contributed by atoms with Crippen molar-refractivity contribution < 1.29 is 9.50 Å². The quantitative estimate of drug-likeness (QED) is 0.529. The van der Waals surface area contributed by atoms with Gasteiger partial charge in [0.1, 0.15) is 5.82 Å². The van der Waals surface area contributed by atoms with Crippen LogP contribution in [0.3, 0.4) is 0 Å². The van der Waals surface area contributed by atoms with E-state index in [1.54, 1.807) is 6.07 Å². The molecular formula is C23H17FN4O. The molecule has 2 aromatic carbocycles. The van der Waals surface area contributed by atoms with E-state index in [1.165, 1.54) is 23.3 Å². The van der Waals surface area contributed by atoms with Gasteiger partial charge in [0, 0.05) is 27.4 Å². The molecule has 0 atom stereocenters. The summed E-state index contributed by atoms with van der Waals surface area (Å²) in [5.74, 6) is -0.310. The number of aromatic amines is 1. The highest BCUT2D eigenvalue weighted by Gasteiger charge is 2.20. The molecule has 2 N–H and O–H groups in total. The fourth-order valence-electron chi connectivity index (χ4n) is 4.61. The molecule has 0 saturated heterocycles. The maximum Gasteiger partial charge on any atom is 0.196 e. The maximum atomic E-state index is 13.8. The Morgan fingerprint density at radius 1 is 1.07 bits per heavy atom. The Hall–Kier alpha value is -3.54.